The summed E-state index contributed by atoms with van der Waals surface area (Å²) in [4.78, 5) is 11.7. The molecule has 0 aliphatic carbocycles. The van der Waals surface area contributed by atoms with Crippen LogP contribution < -0.4 is 10.6 Å². The lowest BCUT2D eigenvalue weighted by molar-refractivity contribution is -0.119. The number of nitrogens with one attached hydrogen (secondary N) is 2. The van der Waals surface area contributed by atoms with Gasteiger partial charge in [-0.15, -0.1) is 0 Å². The van der Waals surface area contributed by atoms with Crippen LogP contribution in [0.4, 0.5) is 5.69 Å². The van der Waals surface area contributed by atoms with Gasteiger partial charge in [0, 0.05) is 12.2 Å². The molecule has 2 N–H and O–H groups in total. The minimum Gasteiger partial charge on any atom is -0.326 e. The minimum atomic E-state index is 0.129. The van der Waals surface area contributed by atoms with Gasteiger partial charge in [0.25, 0.3) is 0 Å². The summed E-state index contributed by atoms with van der Waals surface area (Å²) in [6.07, 6.45) is 0.942. The largest absolute Gasteiger partial charge is 0.326 e. The topological polar surface area (TPSA) is 41.1 Å². The third-order valence-electron chi connectivity index (χ3n) is 2.75. The van der Waals surface area contributed by atoms with Crippen molar-refractivity contribution in [2.75, 3.05) is 18.4 Å². The van der Waals surface area contributed by atoms with Gasteiger partial charge in [-0.3, -0.25) is 4.79 Å². The Morgan fingerprint density at radius 1 is 1.40 bits per heavy atom. The first-order valence-electron chi connectivity index (χ1n) is 5.34. The molecule has 1 fully saturated rings. The number of benzene rings is 1. The summed E-state index contributed by atoms with van der Waals surface area (Å²) in [5.74, 6) is 0.259. The summed E-state index contributed by atoms with van der Waals surface area (Å²) in [6, 6.07) is 7.89. The molecule has 3 nitrogen and oxygen atoms in total. The van der Waals surface area contributed by atoms with Gasteiger partial charge >= 0.3 is 0 Å². The summed E-state index contributed by atoms with van der Waals surface area (Å²) in [5, 5.41) is 6.12. The van der Waals surface area contributed by atoms with Crippen LogP contribution in [-0.4, -0.2) is 19.0 Å². The second kappa shape index (κ2) is 4.45. The van der Waals surface area contributed by atoms with Gasteiger partial charge in [-0.25, -0.2) is 0 Å². The van der Waals surface area contributed by atoms with Crippen LogP contribution in [0, 0.1) is 12.8 Å². The van der Waals surface area contributed by atoms with Crippen molar-refractivity contribution in [3.63, 3.8) is 0 Å². The van der Waals surface area contributed by atoms with Crippen LogP contribution in [0.15, 0.2) is 24.3 Å². The Hall–Kier alpha value is -1.35. The van der Waals surface area contributed by atoms with Crippen LogP contribution in [0.25, 0.3) is 0 Å². The zero-order valence-electron chi connectivity index (χ0n) is 8.92. The second-order valence-electron chi connectivity index (χ2n) is 4.04. The zero-order chi connectivity index (χ0) is 10.7. The normalized spacial score (nSPS) is 20.2. The smallest absolute Gasteiger partial charge is 0.228 e. The summed E-state index contributed by atoms with van der Waals surface area (Å²) < 4.78 is 0. The number of anilines is 1. The molecule has 1 heterocycles. The van der Waals surface area contributed by atoms with Crippen LogP contribution in [0.1, 0.15) is 12.0 Å². The van der Waals surface area contributed by atoms with Crippen LogP contribution in [0.2, 0.25) is 0 Å². The number of aryl methyl sites for hydroxylation is 1. The molecule has 0 radical (unpaired) electrons. The zero-order valence-corrected chi connectivity index (χ0v) is 8.92. The van der Waals surface area contributed by atoms with E-state index in [9.17, 15) is 4.79 Å². The highest BCUT2D eigenvalue weighted by Crippen LogP contribution is 2.13. The maximum Gasteiger partial charge on any atom is 0.228 e. The van der Waals surface area contributed by atoms with Crippen molar-refractivity contribution in [1.29, 1.82) is 0 Å². The Kier molecular flexibility index (Phi) is 3.02. The number of carbonyl (C=O) groups excluding carboxylic acids is 1. The number of amides is 1. The predicted molar refractivity (Wildman–Crippen MR) is 60.8 cm³/mol. The van der Waals surface area contributed by atoms with Crippen LogP contribution >= 0.6 is 0 Å². The molecule has 15 heavy (non-hydrogen) atoms. The first kappa shape index (κ1) is 10.2. The molecule has 0 bridgehead atoms. The van der Waals surface area contributed by atoms with E-state index in [1.807, 2.05) is 31.2 Å². The number of rotatable bonds is 2. The molecule has 2 rings (SSSR count). The fourth-order valence-corrected chi connectivity index (χ4v) is 1.76. The van der Waals surface area contributed by atoms with Gasteiger partial charge in [0.05, 0.1) is 5.92 Å². The first-order valence-corrected chi connectivity index (χ1v) is 5.34. The van der Waals surface area contributed by atoms with Gasteiger partial charge < -0.3 is 10.6 Å². The number of hydrogen-bond acceptors (Lipinski definition) is 2. The van der Waals surface area contributed by atoms with Crippen molar-refractivity contribution < 1.29 is 4.79 Å². The molecule has 1 saturated heterocycles. The molecule has 1 aliphatic heterocycles. The van der Waals surface area contributed by atoms with E-state index < -0.39 is 0 Å². The van der Waals surface area contributed by atoms with Crippen molar-refractivity contribution in [3.8, 4) is 0 Å². The lowest BCUT2D eigenvalue weighted by Gasteiger charge is -2.09. The van der Waals surface area contributed by atoms with Crippen molar-refractivity contribution in [1.82, 2.24) is 5.32 Å². The van der Waals surface area contributed by atoms with E-state index in [1.165, 1.54) is 5.56 Å². The first-order chi connectivity index (χ1) is 7.25. The second-order valence-corrected chi connectivity index (χ2v) is 4.04. The van der Waals surface area contributed by atoms with E-state index in [4.69, 9.17) is 0 Å². The minimum absolute atomic E-state index is 0.129. The highest BCUT2D eigenvalue weighted by Gasteiger charge is 2.21. The standard InChI is InChI=1S/C12H16N2O/c1-9-2-4-11(5-3-9)14-12(15)10-6-7-13-8-10/h2-5,10,13H,6-8H2,1H3,(H,14,15)/t10-/m0/s1. The lowest BCUT2D eigenvalue weighted by Crippen LogP contribution is -2.24. The fraction of sp³-hybridized carbons (Fsp3) is 0.417. The van der Waals surface area contributed by atoms with Gasteiger partial charge in [0.15, 0.2) is 0 Å². The Bertz CT molecular complexity index is 339. The van der Waals surface area contributed by atoms with Gasteiger partial charge in [0.1, 0.15) is 0 Å². The third-order valence-corrected chi connectivity index (χ3v) is 2.75. The summed E-state index contributed by atoms with van der Waals surface area (Å²) in [6.45, 7) is 3.79. The highest BCUT2D eigenvalue weighted by molar-refractivity contribution is 5.92. The maximum absolute atomic E-state index is 11.7. The monoisotopic (exact) mass is 204 g/mol. The van der Waals surface area contributed by atoms with Gasteiger partial charge in [-0.1, -0.05) is 17.7 Å². The molecule has 3 heteroatoms. The average molecular weight is 204 g/mol. The highest BCUT2D eigenvalue weighted by atomic mass is 16.1. The van der Waals surface area contributed by atoms with Gasteiger partial charge in [-0.05, 0) is 32.0 Å². The number of hydrogen-bond donors (Lipinski definition) is 2. The van der Waals surface area contributed by atoms with E-state index in [1.54, 1.807) is 0 Å². The van der Waals surface area contributed by atoms with E-state index in [0.29, 0.717) is 0 Å². The molecule has 1 aliphatic rings. The van der Waals surface area contributed by atoms with Crippen LogP contribution in [0.5, 0.6) is 0 Å². The Morgan fingerprint density at radius 3 is 2.73 bits per heavy atom. The van der Waals surface area contributed by atoms with E-state index >= 15 is 0 Å². The Balaban J connectivity index is 1.96. The molecular formula is C12H16N2O. The number of carbonyl (C=O) groups is 1. The molecule has 1 aromatic carbocycles. The molecular weight excluding hydrogens is 188 g/mol. The summed E-state index contributed by atoms with van der Waals surface area (Å²) >= 11 is 0. The quantitative estimate of drug-likeness (QED) is 0.767. The van der Waals surface area contributed by atoms with E-state index in [-0.39, 0.29) is 11.8 Å². The van der Waals surface area contributed by atoms with Gasteiger partial charge in [-0.2, -0.15) is 0 Å². The summed E-state index contributed by atoms with van der Waals surface area (Å²) in [5.41, 5.74) is 2.09. The predicted octanol–water partition coefficient (Wildman–Crippen LogP) is 1.54. The van der Waals surface area contributed by atoms with Gasteiger partial charge in [0.2, 0.25) is 5.91 Å². The fourth-order valence-electron chi connectivity index (χ4n) is 1.76. The van der Waals surface area contributed by atoms with Crippen molar-refractivity contribution in [2.45, 2.75) is 13.3 Å². The Morgan fingerprint density at radius 2 is 2.13 bits per heavy atom. The van der Waals surface area contributed by atoms with Crippen molar-refractivity contribution in [2.24, 2.45) is 5.92 Å². The molecule has 0 saturated carbocycles. The molecule has 0 unspecified atom stereocenters. The average Bonchev–Trinajstić information content (AvgIpc) is 2.74. The molecule has 80 valence electrons. The SMILES string of the molecule is Cc1ccc(NC(=O)[C@H]2CCNC2)cc1. The molecule has 1 aromatic rings. The Labute approximate surface area is 89.9 Å². The molecule has 1 atom stereocenters. The van der Waals surface area contributed by atoms with Crippen molar-refractivity contribution in [3.05, 3.63) is 29.8 Å². The van der Waals surface area contributed by atoms with E-state index in [0.717, 1.165) is 25.2 Å². The van der Waals surface area contributed by atoms with E-state index in [2.05, 4.69) is 10.6 Å². The van der Waals surface area contributed by atoms with Crippen LogP contribution in [-0.2, 0) is 4.79 Å². The summed E-state index contributed by atoms with van der Waals surface area (Å²) in [7, 11) is 0. The molecule has 0 spiro atoms. The molecule has 1 amide bonds. The third kappa shape index (κ3) is 2.57. The van der Waals surface area contributed by atoms with Crippen LogP contribution in [0.3, 0.4) is 0 Å². The maximum atomic E-state index is 11.7. The molecule has 0 aromatic heterocycles. The lowest BCUT2D eigenvalue weighted by atomic mass is 10.1. The van der Waals surface area contributed by atoms with Crippen molar-refractivity contribution >= 4 is 11.6 Å².